The molecule has 1 heterocycles. The average Bonchev–Trinajstić information content (AvgIpc) is 3.05. The van der Waals surface area contributed by atoms with Crippen molar-refractivity contribution in [3.63, 3.8) is 0 Å². The van der Waals surface area contributed by atoms with Crippen LogP contribution < -0.4 is 5.32 Å². The first kappa shape index (κ1) is 13.1. The third-order valence-corrected chi connectivity index (χ3v) is 4.52. The van der Waals surface area contributed by atoms with Crippen LogP contribution in [0.4, 0.5) is 5.69 Å². The number of aromatic nitrogens is 1. The van der Waals surface area contributed by atoms with Crippen molar-refractivity contribution >= 4 is 23.0 Å². The number of benzene rings is 1. The number of hydrogen-bond acceptors (Lipinski definition) is 5. The summed E-state index contributed by atoms with van der Waals surface area (Å²) in [5.41, 5.74) is 2.73. The summed E-state index contributed by atoms with van der Waals surface area (Å²) in [6.45, 7) is 0.697. The molecule has 104 valence electrons. The molecule has 20 heavy (non-hydrogen) atoms. The van der Waals surface area contributed by atoms with Gasteiger partial charge in [-0.2, -0.15) is 0 Å². The van der Waals surface area contributed by atoms with Gasteiger partial charge in [0.15, 0.2) is 0 Å². The van der Waals surface area contributed by atoms with Gasteiger partial charge >= 0.3 is 5.97 Å². The number of methoxy groups -OCH3 is 1. The lowest BCUT2D eigenvalue weighted by molar-refractivity contribution is 0.0601. The van der Waals surface area contributed by atoms with Crippen LogP contribution in [0.3, 0.4) is 0 Å². The summed E-state index contributed by atoms with van der Waals surface area (Å²) < 4.78 is 4.72. The van der Waals surface area contributed by atoms with E-state index in [9.17, 15) is 4.79 Å². The molecule has 0 saturated carbocycles. The van der Waals surface area contributed by atoms with Gasteiger partial charge in [0.05, 0.1) is 24.9 Å². The second-order valence-electron chi connectivity index (χ2n) is 4.76. The molecule has 0 unspecified atom stereocenters. The minimum absolute atomic E-state index is 0.318. The summed E-state index contributed by atoms with van der Waals surface area (Å²) in [6.07, 6.45) is 3.53. The van der Waals surface area contributed by atoms with Crippen LogP contribution >= 0.6 is 11.3 Å². The van der Waals surface area contributed by atoms with Crippen molar-refractivity contribution in [2.75, 3.05) is 12.4 Å². The molecule has 0 spiro atoms. The molecule has 0 bridgehead atoms. The molecule has 1 aliphatic rings. The van der Waals surface area contributed by atoms with Gasteiger partial charge in [-0.25, -0.2) is 9.78 Å². The highest BCUT2D eigenvalue weighted by Crippen LogP contribution is 2.27. The minimum Gasteiger partial charge on any atom is -0.465 e. The zero-order valence-electron chi connectivity index (χ0n) is 11.3. The van der Waals surface area contributed by atoms with Crippen LogP contribution in [0.2, 0.25) is 0 Å². The third-order valence-electron chi connectivity index (χ3n) is 3.37. The molecular weight excluding hydrogens is 272 g/mol. The van der Waals surface area contributed by atoms with Gasteiger partial charge in [-0.1, -0.05) is 6.07 Å². The van der Waals surface area contributed by atoms with Gasteiger partial charge in [-0.3, -0.25) is 0 Å². The number of nitrogens with zero attached hydrogens (tertiary/aromatic N) is 1. The van der Waals surface area contributed by atoms with Crippen LogP contribution in [0.5, 0.6) is 0 Å². The van der Waals surface area contributed by atoms with Crippen LogP contribution in [0.15, 0.2) is 24.3 Å². The van der Waals surface area contributed by atoms with Gasteiger partial charge in [0.2, 0.25) is 0 Å². The average molecular weight is 288 g/mol. The van der Waals surface area contributed by atoms with Crippen molar-refractivity contribution in [2.24, 2.45) is 0 Å². The Morgan fingerprint density at radius 2 is 2.35 bits per heavy atom. The second-order valence-corrected chi connectivity index (χ2v) is 5.93. The Hall–Kier alpha value is -1.88. The number of carbonyl (C=O) groups excluding carboxylic acids is 1. The van der Waals surface area contributed by atoms with Gasteiger partial charge in [-0.15, -0.1) is 11.3 Å². The van der Waals surface area contributed by atoms with Crippen molar-refractivity contribution in [3.05, 3.63) is 45.4 Å². The Morgan fingerprint density at radius 1 is 1.45 bits per heavy atom. The number of thiazole rings is 1. The summed E-state index contributed by atoms with van der Waals surface area (Å²) >= 11 is 1.79. The van der Waals surface area contributed by atoms with E-state index in [4.69, 9.17) is 4.74 Å². The quantitative estimate of drug-likeness (QED) is 0.879. The van der Waals surface area contributed by atoms with E-state index >= 15 is 0 Å². The number of nitrogens with one attached hydrogen (secondary N) is 1. The van der Waals surface area contributed by atoms with E-state index in [-0.39, 0.29) is 5.97 Å². The fraction of sp³-hybridized carbons (Fsp3) is 0.333. The highest BCUT2D eigenvalue weighted by atomic mass is 32.1. The zero-order chi connectivity index (χ0) is 13.9. The largest absolute Gasteiger partial charge is 0.465 e. The Balaban J connectivity index is 1.67. The van der Waals surface area contributed by atoms with Gasteiger partial charge in [0, 0.05) is 10.6 Å². The van der Waals surface area contributed by atoms with E-state index in [1.54, 1.807) is 23.5 Å². The Morgan fingerprint density at radius 3 is 3.15 bits per heavy atom. The fourth-order valence-corrected chi connectivity index (χ4v) is 3.47. The number of fused-ring (bicyclic) bond motifs is 1. The SMILES string of the molecule is COC(=O)c1cccc(NCc2nc3c(s2)CCC3)c1. The summed E-state index contributed by atoms with van der Waals surface area (Å²) in [6, 6.07) is 7.33. The molecule has 1 aromatic heterocycles. The molecule has 0 atom stereocenters. The first-order valence-electron chi connectivity index (χ1n) is 6.66. The van der Waals surface area contributed by atoms with E-state index < -0.39 is 0 Å². The lowest BCUT2D eigenvalue weighted by Crippen LogP contribution is -2.03. The van der Waals surface area contributed by atoms with Crippen LogP contribution in [0.25, 0.3) is 0 Å². The molecule has 0 saturated heterocycles. The van der Waals surface area contributed by atoms with Gasteiger partial charge in [0.25, 0.3) is 0 Å². The third kappa shape index (κ3) is 2.67. The van der Waals surface area contributed by atoms with Gasteiger partial charge < -0.3 is 10.1 Å². The minimum atomic E-state index is -0.318. The number of hydrogen-bond donors (Lipinski definition) is 1. The first-order chi connectivity index (χ1) is 9.76. The summed E-state index contributed by atoms with van der Waals surface area (Å²) in [4.78, 5) is 17.6. The summed E-state index contributed by atoms with van der Waals surface area (Å²) in [5, 5.41) is 4.42. The molecule has 0 amide bonds. The lowest BCUT2D eigenvalue weighted by atomic mass is 10.2. The standard InChI is InChI=1S/C15H16N2O2S/c1-19-15(18)10-4-2-5-11(8-10)16-9-14-17-12-6-3-7-13(12)20-14/h2,4-5,8,16H,3,6-7,9H2,1H3. The van der Waals surface area contributed by atoms with Crippen LogP contribution in [0.1, 0.15) is 32.4 Å². The van der Waals surface area contributed by atoms with Crippen LogP contribution in [-0.2, 0) is 24.1 Å². The van der Waals surface area contributed by atoms with Crippen LogP contribution in [0, 0.1) is 0 Å². The first-order valence-corrected chi connectivity index (χ1v) is 7.47. The maximum atomic E-state index is 11.5. The Kier molecular flexibility index (Phi) is 3.69. The van der Waals surface area contributed by atoms with E-state index in [1.807, 2.05) is 12.1 Å². The van der Waals surface area contributed by atoms with Gasteiger partial charge in [0.1, 0.15) is 5.01 Å². The zero-order valence-corrected chi connectivity index (χ0v) is 12.1. The molecule has 3 rings (SSSR count). The molecule has 0 fully saturated rings. The number of ether oxygens (including phenoxy) is 1. The summed E-state index contributed by atoms with van der Waals surface area (Å²) in [7, 11) is 1.39. The predicted molar refractivity (Wildman–Crippen MR) is 79.2 cm³/mol. The fourth-order valence-electron chi connectivity index (χ4n) is 2.37. The smallest absolute Gasteiger partial charge is 0.337 e. The predicted octanol–water partition coefficient (Wildman–Crippen LogP) is 3.03. The molecule has 1 aliphatic carbocycles. The topological polar surface area (TPSA) is 51.2 Å². The number of carbonyl (C=O) groups is 1. The highest BCUT2D eigenvalue weighted by molar-refractivity contribution is 7.11. The van der Waals surface area contributed by atoms with E-state index in [0.29, 0.717) is 12.1 Å². The highest BCUT2D eigenvalue weighted by Gasteiger charge is 2.16. The van der Waals surface area contributed by atoms with Crippen molar-refractivity contribution in [3.8, 4) is 0 Å². The van der Waals surface area contributed by atoms with Crippen molar-refractivity contribution in [1.29, 1.82) is 0 Å². The molecule has 1 aromatic carbocycles. The van der Waals surface area contributed by atoms with E-state index in [2.05, 4.69) is 10.3 Å². The number of esters is 1. The normalized spacial score (nSPS) is 13.1. The molecule has 0 radical (unpaired) electrons. The van der Waals surface area contributed by atoms with E-state index in [0.717, 1.165) is 17.1 Å². The lowest BCUT2D eigenvalue weighted by Gasteiger charge is -2.06. The molecular formula is C15H16N2O2S. The van der Waals surface area contributed by atoms with E-state index in [1.165, 1.54) is 30.5 Å². The monoisotopic (exact) mass is 288 g/mol. The number of rotatable bonds is 4. The molecule has 1 N–H and O–H groups in total. The maximum Gasteiger partial charge on any atom is 0.337 e. The number of aryl methyl sites for hydroxylation is 2. The van der Waals surface area contributed by atoms with Crippen molar-refractivity contribution in [2.45, 2.75) is 25.8 Å². The van der Waals surface area contributed by atoms with Crippen molar-refractivity contribution < 1.29 is 9.53 Å². The Bertz CT molecular complexity index is 615. The van der Waals surface area contributed by atoms with Crippen molar-refractivity contribution in [1.82, 2.24) is 4.98 Å². The Labute approximate surface area is 121 Å². The molecule has 2 aromatic rings. The molecule has 5 heteroatoms. The van der Waals surface area contributed by atoms with Gasteiger partial charge in [-0.05, 0) is 37.5 Å². The maximum absolute atomic E-state index is 11.5. The molecule has 4 nitrogen and oxygen atoms in total. The number of anilines is 1. The second kappa shape index (κ2) is 5.63. The van der Waals surface area contributed by atoms with Crippen LogP contribution in [-0.4, -0.2) is 18.1 Å². The molecule has 0 aliphatic heterocycles. The summed E-state index contributed by atoms with van der Waals surface area (Å²) in [5.74, 6) is -0.318.